The van der Waals surface area contributed by atoms with Gasteiger partial charge in [-0.15, -0.1) is 5.10 Å². The molecule has 0 aromatic heterocycles. The summed E-state index contributed by atoms with van der Waals surface area (Å²) in [5.74, 6) is 0.822. The lowest BCUT2D eigenvalue weighted by atomic mass is 10.1. The Morgan fingerprint density at radius 1 is 1.15 bits per heavy atom. The molecule has 0 saturated heterocycles. The summed E-state index contributed by atoms with van der Waals surface area (Å²) < 4.78 is 48.7. The minimum absolute atomic E-state index is 0.00873. The van der Waals surface area contributed by atoms with Gasteiger partial charge in [-0.05, 0) is 42.5 Å². The summed E-state index contributed by atoms with van der Waals surface area (Å²) in [4.78, 5) is 0. The number of hydrogen-bond acceptors (Lipinski definition) is 4. The van der Waals surface area contributed by atoms with Gasteiger partial charge < -0.3 is 9.47 Å². The second-order valence-corrected chi connectivity index (χ2v) is 6.08. The molecular formula is C17H13Cl2F3N2O2. The molecule has 0 radical (unpaired) electrons. The standard InChI is InChI=1S/C17H13Cl2F3N2O2/c18-9-25-15-6-5-14(19)7-12(15)8-24-10-26-16(23-24)11-1-3-13(4-2-11)17(20,21)22/h1-7H,8-10H2. The van der Waals surface area contributed by atoms with E-state index in [4.69, 9.17) is 32.7 Å². The molecule has 0 atom stereocenters. The maximum atomic E-state index is 12.6. The van der Waals surface area contributed by atoms with Gasteiger partial charge in [-0.1, -0.05) is 23.2 Å². The maximum Gasteiger partial charge on any atom is 0.416 e. The normalized spacial score (nSPS) is 14.2. The Morgan fingerprint density at radius 3 is 2.54 bits per heavy atom. The molecule has 0 N–H and O–H groups in total. The van der Waals surface area contributed by atoms with Crippen LogP contribution in [0.15, 0.2) is 47.6 Å². The van der Waals surface area contributed by atoms with E-state index in [1.165, 1.54) is 12.1 Å². The number of benzene rings is 2. The third-order valence-electron chi connectivity index (χ3n) is 3.63. The highest BCUT2D eigenvalue weighted by Gasteiger charge is 2.30. The van der Waals surface area contributed by atoms with Crippen LogP contribution < -0.4 is 4.74 Å². The first-order valence-electron chi connectivity index (χ1n) is 7.48. The summed E-state index contributed by atoms with van der Waals surface area (Å²) in [5, 5.41) is 6.44. The molecule has 0 bridgehead atoms. The minimum atomic E-state index is -4.38. The van der Waals surface area contributed by atoms with Crippen LogP contribution in [0.3, 0.4) is 0 Å². The lowest BCUT2D eigenvalue weighted by molar-refractivity contribution is -0.137. The molecule has 0 saturated carbocycles. The fourth-order valence-corrected chi connectivity index (χ4v) is 2.73. The molecule has 2 aromatic rings. The van der Waals surface area contributed by atoms with Gasteiger partial charge in [0.25, 0.3) is 0 Å². The summed E-state index contributed by atoms with van der Waals surface area (Å²) in [5.41, 5.74) is 0.501. The van der Waals surface area contributed by atoms with E-state index in [-0.39, 0.29) is 18.7 Å². The zero-order valence-electron chi connectivity index (χ0n) is 13.3. The molecule has 4 nitrogen and oxygen atoms in total. The largest absolute Gasteiger partial charge is 0.478 e. The van der Waals surface area contributed by atoms with E-state index in [0.29, 0.717) is 22.9 Å². The van der Waals surface area contributed by atoms with Gasteiger partial charge in [-0.3, -0.25) is 5.01 Å². The number of alkyl halides is 4. The van der Waals surface area contributed by atoms with Crippen molar-refractivity contribution < 1.29 is 22.6 Å². The Kier molecular flexibility index (Phi) is 5.48. The summed E-state index contributed by atoms with van der Waals surface area (Å²) in [6, 6.07) is 9.75. The smallest absolute Gasteiger partial charge is 0.416 e. The van der Waals surface area contributed by atoms with E-state index in [0.717, 1.165) is 17.7 Å². The van der Waals surface area contributed by atoms with E-state index in [2.05, 4.69) is 5.10 Å². The average molecular weight is 405 g/mol. The van der Waals surface area contributed by atoms with E-state index in [1.54, 1.807) is 23.2 Å². The predicted molar refractivity (Wildman–Crippen MR) is 92.3 cm³/mol. The van der Waals surface area contributed by atoms with Crippen LogP contribution >= 0.6 is 23.2 Å². The van der Waals surface area contributed by atoms with Gasteiger partial charge in [0.1, 0.15) is 5.75 Å². The molecule has 1 heterocycles. The monoisotopic (exact) mass is 404 g/mol. The van der Waals surface area contributed by atoms with Crippen LogP contribution in [0.5, 0.6) is 5.75 Å². The second kappa shape index (κ2) is 7.63. The molecule has 0 amide bonds. The van der Waals surface area contributed by atoms with Crippen LogP contribution in [0, 0.1) is 0 Å². The molecule has 0 spiro atoms. The molecule has 0 aliphatic carbocycles. The zero-order valence-corrected chi connectivity index (χ0v) is 14.8. The Morgan fingerprint density at radius 2 is 1.88 bits per heavy atom. The first-order valence-corrected chi connectivity index (χ1v) is 8.39. The lowest BCUT2D eigenvalue weighted by Gasteiger charge is -2.15. The second-order valence-electron chi connectivity index (χ2n) is 5.42. The number of hydrogen-bond donors (Lipinski definition) is 0. The number of rotatable bonds is 5. The van der Waals surface area contributed by atoms with Crippen LogP contribution in [-0.4, -0.2) is 23.7 Å². The van der Waals surface area contributed by atoms with E-state index >= 15 is 0 Å². The van der Waals surface area contributed by atoms with Gasteiger partial charge in [-0.25, -0.2) is 0 Å². The van der Waals surface area contributed by atoms with Gasteiger partial charge in [0.2, 0.25) is 5.90 Å². The highest BCUT2D eigenvalue weighted by Crippen LogP contribution is 2.30. The van der Waals surface area contributed by atoms with Crippen molar-refractivity contribution in [2.45, 2.75) is 12.7 Å². The van der Waals surface area contributed by atoms with E-state index < -0.39 is 11.7 Å². The summed E-state index contributed by atoms with van der Waals surface area (Å²) in [6.45, 7) is 0.500. The van der Waals surface area contributed by atoms with Crippen LogP contribution in [0.4, 0.5) is 13.2 Å². The van der Waals surface area contributed by atoms with Crippen molar-refractivity contribution in [1.82, 2.24) is 5.01 Å². The molecule has 138 valence electrons. The Hall–Kier alpha value is -2.12. The van der Waals surface area contributed by atoms with E-state index in [1.807, 2.05) is 0 Å². The molecule has 2 aromatic carbocycles. The average Bonchev–Trinajstić information content (AvgIpc) is 3.05. The molecule has 1 aliphatic rings. The van der Waals surface area contributed by atoms with Crippen molar-refractivity contribution in [1.29, 1.82) is 0 Å². The summed E-state index contributed by atoms with van der Waals surface area (Å²) >= 11 is 11.6. The lowest BCUT2D eigenvalue weighted by Crippen LogP contribution is -2.15. The predicted octanol–water partition coefficient (Wildman–Crippen LogP) is 5.09. The van der Waals surface area contributed by atoms with Gasteiger partial charge in [-0.2, -0.15) is 13.2 Å². The van der Waals surface area contributed by atoms with Gasteiger partial charge >= 0.3 is 6.18 Å². The number of hydrazone groups is 1. The molecule has 0 unspecified atom stereocenters. The SMILES string of the molecule is FC(F)(F)c1ccc(C2=NN(Cc3cc(Cl)ccc3OCCl)CO2)cc1. The summed E-state index contributed by atoms with van der Waals surface area (Å²) in [7, 11) is 0. The first kappa shape index (κ1) is 18.7. The molecular weight excluding hydrogens is 392 g/mol. The minimum Gasteiger partial charge on any atom is -0.478 e. The van der Waals surface area contributed by atoms with Crippen LogP contribution in [0.25, 0.3) is 0 Å². The van der Waals surface area contributed by atoms with Crippen molar-refractivity contribution >= 4 is 29.1 Å². The fourth-order valence-electron chi connectivity index (χ4n) is 2.41. The quantitative estimate of drug-likeness (QED) is 0.651. The molecule has 0 fully saturated rings. The third kappa shape index (κ3) is 4.34. The highest BCUT2D eigenvalue weighted by molar-refractivity contribution is 6.30. The van der Waals surface area contributed by atoms with Gasteiger partial charge in [0.15, 0.2) is 12.8 Å². The van der Waals surface area contributed by atoms with Gasteiger partial charge in [0, 0.05) is 16.1 Å². The van der Waals surface area contributed by atoms with Crippen molar-refractivity contribution in [2.24, 2.45) is 5.10 Å². The topological polar surface area (TPSA) is 34.1 Å². The van der Waals surface area contributed by atoms with Crippen LogP contribution in [0.2, 0.25) is 5.02 Å². The zero-order chi connectivity index (χ0) is 18.7. The van der Waals surface area contributed by atoms with Crippen LogP contribution in [-0.2, 0) is 17.5 Å². The molecule has 3 rings (SSSR count). The first-order chi connectivity index (χ1) is 12.4. The maximum absolute atomic E-state index is 12.6. The summed E-state index contributed by atoms with van der Waals surface area (Å²) in [6.07, 6.45) is -4.38. The Labute approximate surface area is 157 Å². The Balaban J connectivity index is 1.75. The molecule has 26 heavy (non-hydrogen) atoms. The molecule has 1 aliphatic heterocycles. The van der Waals surface area contributed by atoms with Crippen LogP contribution in [0.1, 0.15) is 16.7 Å². The van der Waals surface area contributed by atoms with E-state index in [9.17, 15) is 13.2 Å². The number of nitrogens with zero attached hydrogens (tertiary/aromatic N) is 2. The van der Waals surface area contributed by atoms with Crippen molar-refractivity contribution in [3.63, 3.8) is 0 Å². The fraction of sp³-hybridized carbons (Fsp3) is 0.235. The number of halogens is 5. The highest BCUT2D eigenvalue weighted by atomic mass is 35.5. The number of ether oxygens (including phenoxy) is 2. The molecule has 9 heteroatoms. The van der Waals surface area contributed by atoms with Crippen molar-refractivity contribution in [3.05, 3.63) is 64.2 Å². The Bertz CT molecular complexity index is 811. The third-order valence-corrected chi connectivity index (χ3v) is 3.97. The van der Waals surface area contributed by atoms with Crippen molar-refractivity contribution in [3.8, 4) is 5.75 Å². The van der Waals surface area contributed by atoms with Gasteiger partial charge in [0.05, 0.1) is 12.1 Å². The van der Waals surface area contributed by atoms with Crippen molar-refractivity contribution in [2.75, 3.05) is 12.8 Å².